The zero-order chi connectivity index (χ0) is 26.3. The molecule has 8 nitrogen and oxygen atoms in total. The first-order valence-electron chi connectivity index (χ1n) is 12.0. The summed E-state index contributed by atoms with van der Waals surface area (Å²) in [6.07, 6.45) is -3.87. The Balaban J connectivity index is 1.65. The summed E-state index contributed by atoms with van der Waals surface area (Å²) in [5.74, 6) is -0.457. The van der Waals surface area contributed by atoms with Gasteiger partial charge in [-0.05, 0) is 23.6 Å². The molecule has 196 valence electrons. The fourth-order valence-corrected chi connectivity index (χ4v) is 5.38. The zero-order valence-corrected chi connectivity index (χ0v) is 21.4. The van der Waals surface area contributed by atoms with Gasteiger partial charge in [0.25, 0.3) is 0 Å². The van der Waals surface area contributed by atoms with Gasteiger partial charge in [0, 0.05) is 0 Å². The van der Waals surface area contributed by atoms with Crippen LogP contribution in [-0.2, 0) is 48.1 Å². The van der Waals surface area contributed by atoms with Gasteiger partial charge in [-0.15, -0.1) is 0 Å². The van der Waals surface area contributed by atoms with Gasteiger partial charge in [-0.3, -0.25) is 9.36 Å². The molecule has 2 N–H and O–H groups in total. The fourth-order valence-electron chi connectivity index (χ4n) is 4.28. The normalized spacial score (nSPS) is 24.2. The van der Waals surface area contributed by atoms with Gasteiger partial charge >= 0.3 is 7.60 Å². The second kappa shape index (κ2) is 12.2. The molecule has 4 atom stereocenters. The molecule has 1 aliphatic heterocycles. The SMILES string of the molecule is C[C@@H]1O[C@](COCc2ccccc2)(P(=O)(O)O)[C@H](OCc2ccccc2)[C@H](OCc2ccccc2)C1=O. The molecule has 1 heterocycles. The van der Waals surface area contributed by atoms with E-state index in [0.717, 1.165) is 16.7 Å². The van der Waals surface area contributed by atoms with Crippen LogP contribution in [-0.4, -0.2) is 45.8 Å². The second-order valence-corrected chi connectivity index (χ2v) is 10.8. The summed E-state index contributed by atoms with van der Waals surface area (Å²) in [7, 11) is -5.07. The number of carbonyl (C=O) groups excluding carboxylic acids is 1. The molecule has 0 unspecified atom stereocenters. The maximum atomic E-state index is 13.3. The van der Waals surface area contributed by atoms with E-state index < -0.39 is 43.6 Å². The fraction of sp³-hybridized carbons (Fsp3) is 0.321. The molecule has 0 aromatic heterocycles. The van der Waals surface area contributed by atoms with Gasteiger partial charge in [0.15, 0.2) is 5.78 Å². The minimum Gasteiger partial charge on any atom is -0.373 e. The molecular weight excluding hydrogens is 495 g/mol. The molecule has 0 saturated carbocycles. The van der Waals surface area contributed by atoms with Gasteiger partial charge < -0.3 is 28.7 Å². The summed E-state index contributed by atoms with van der Waals surface area (Å²) in [6.45, 7) is 1.08. The highest BCUT2D eigenvalue weighted by molar-refractivity contribution is 7.53. The van der Waals surface area contributed by atoms with Crippen molar-refractivity contribution in [1.82, 2.24) is 0 Å². The topological polar surface area (TPSA) is 112 Å². The van der Waals surface area contributed by atoms with Crippen LogP contribution in [0.5, 0.6) is 0 Å². The van der Waals surface area contributed by atoms with Gasteiger partial charge in [0.2, 0.25) is 5.34 Å². The third kappa shape index (κ3) is 6.61. The van der Waals surface area contributed by atoms with E-state index >= 15 is 0 Å². The van der Waals surface area contributed by atoms with Crippen molar-refractivity contribution in [3.63, 3.8) is 0 Å². The maximum Gasteiger partial charge on any atom is 0.362 e. The lowest BCUT2D eigenvalue weighted by atomic mass is 9.96. The summed E-state index contributed by atoms with van der Waals surface area (Å²) in [5.41, 5.74) is 2.39. The van der Waals surface area contributed by atoms with Crippen LogP contribution in [0.4, 0.5) is 0 Å². The van der Waals surface area contributed by atoms with Crippen molar-refractivity contribution in [2.45, 2.75) is 50.4 Å². The number of carbonyl (C=O) groups is 1. The Kier molecular flexibility index (Phi) is 9.05. The van der Waals surface area contributed by atoms with Crippen molar-refractivity contribution in [3.8, 4) is 0 Å². The highest BCUT2D eigenvalue weighted by atomic mass is 31.2. The van der Waals surface area contributed by atoms with Gasteiger partial charge in [0.05, 0.1) is 26.4 Å². The van der Waals surface area contributed by atoms with Gasteiger partial charge in [0.1, 0.15) is 18.3 Å². The van der Waals surface area contributed by atoms with Crippen LogP contribution in [0.3, 0.4) is 0 Å². The molecule has 1 aliphatic rings. The predicted molar refractivity (Wildman–Crippen MR) is 136 cm³/mol. The summed E-state index contributed by atoms with van der Waals surface area (Å²) in [4.78, 5) is 34.5. The molecule has 9 heteroatoms. The van der Waals surface area contributed by atoms with E-state index in [0.29, 0.717) is 0 Å². The quantitative estimate of drug-likeness (QED) is 0.357. The molecule has 37 heavy (non-hydrogen) atoms. The average molecular weight is 527 g/mol. The number of benzene rings is 3. The third-order valence-electron chi connectivity index (χ3n) is 6.24. The maximum absolute atomic E-state index is 13.3. The molecule has 1 fully saturated rings. The summed E-state index contributed by atoms with van der Waals surface area (Å²) < 4.78 is 36.8. The molecule has 0 aliphatic carbocycles. The van der Waals surface area contributed by atoms with Crippen LogP contribution in [0.2, 0.25) is 0 Å². The number of hydrogen-bond acceptors (Lipinski definition) is 6. The van der Waals surface area contributed by atoms with Gasteiger partial charge in [-0.25, -0.2) is 0 Å². The lowest BCUT2D eigenvalue weighted by molar-refractivity contribution is -0.230. The monoisotopic (exact) mass is 526 g/mol. The Labute approximate surface area is 216 Å². The Morgan fingerprint density at radius 3 is 1.73 bits per heavy atom. The standard InChI is InChI=1S/C28H31O8P/c1-21-25(29)26(34-18-23-13-7-3-8-14-23)27(35-19-24-15-9-4-10-16-24)28(36-21,37(30,31)32)20-33-17-22-11-5-2-6-12-22/h2-16,21,26-27H,17-20H2,1H3,(H2,30,31,32)/t21-,26+,27+,28+/m0/s1. The van der Waals surface area contributed by atoms with E-state index in [1.807, 2.05) is 91.0 Å². The summed E-state index contributed by atoms with van der Waals surface area (Å²) in [6, 6.07) is 27.6. The lowest BCUT2D eigenvalue weighted by Gasteiger charge is -2.47. The first kappa shape index (κ1) is 27.4. The van der Waals surface area contributed by atoms with Crippen LogP contribution in [0, 0.1) is 0 Å². The van der Waals surface area contributed by atoms with E-state index in [4.69, 9.17) is 18.9 Å². The molecule has 0 amide bonds. The second-order valence-electron chi connectivity index (χ2n) is 8.96. The van der Waals surface area contributed by atoms with Crippen molar-refractivity contribution >= 4 is 13.4 Å². The van der Waals surface area contributed by atoms with E-state index in [1.54, 1.807) is 0 Å². The number of ether oxygens (including phenoxy) is 4. The highest BCUT2D eigenvalue weighted by Gasteiger charge is 2.64. The van der Waals surface area contributed by atoms with Crippen LogP contribution in [0.1, 0.15) is 23.6 Å². The Hall–Kier alpha value is -2.68. The molecule has 3 aromatic carbocycles. The minimum absolute atomic E-state index is 0.0117. The molecule has 1 saturated heterocycles. The summed E-state index contributed by atoms with van der Waals surface area (Å²) >= 11 is 0. The van der Waals surface area contributed by atoms with Gasteiger partial charge in [-0.2, -0.15) is 0 Å². The van der Waals surface area contributed by atoms with Crippen molar-refractivity contribution in [2.24, 2.45) is 0 Å². The molecule has 0 radical (unpaired) electrons. The molecular formula is C28H31O8P. The number of rotatable bonds is 11. The smallest absolute Gasteiger partial charge is 0.362 e. The van der Waals surface area contributed by atoms with Crippen molar-refractivity contribution in [3.05, 3.63) is 108 Å². The van der Waals surface area contributed by atoms with Gasteiger partial charge in [-0.1, -0.05) is 91.0 Å². The Morgan fingerprint density at radius 2 is 1.24 bits per heavy atom. The van der Waals surface area contributed by atoms with E-state index in [1.165, 1.54) is 6.92 Å². The largest absolute Gasteiger partial charge is 0.373 e. The van der Waals surface area contributed by atoms with Crippen LogP contribution >= 0.6 is 7.60 Å². The Bertz CT molecular complexity index is 1180. The third-order valence-corrected chi connectivity index (χ3v) is 7.71. The van der Waals surface area contributed by atoms with E-state index in [-0.39, 0.29) is 19.8 Å². The highest BCUT2D eigenvalue weighted by Crippen LogP contribution is 2.57. The van der Waals surface area contributed by atoms with E-state index in [2.05, 4.69) is 0 Å². The van der Waals surface area contributed by atoms with Crippen molar-refractivity contribution < 1.29 is 38.1 Å². The number of Topliss-reactive ketones (excluding diaryl/α,β-unsaturated/α-hetero) is 1. The van der Waals surface area contributed by atoms with Crippen LogP contribution < -0.4 is 0 Å². The predicted octanol–water partition coefficient (Wildman–Crippen LogP) is 4.24. The van der Waals surface area contributed by atoms with Crippen molar-refractivity contribution in [1.29, 1.82) is 0 Å². The zero-order valence-electron chi connectivity index (χ0n) is 20.5. The van der Waals surface area contributed by atoms with Crippen molar-refractivity contribution in [2.75, 3.05) is 6.61 Å². The lowest BCUT2D eigenvalue weighted by Crippen LogP contribution is -2.65. The molecule has 0 bridgehead atoms. The van der Waals surface area contributed by atoms with Crippen LogP contribution in [0.15, 0.2) is 91.0 Å². The minimum atomic E-state index is -5.07. The molecule has 4 rings (SSSR count). The molecule has 0 spiro atoms. The number of ketones is 1. The summed E-state index contributed by atoms with van der Waals surface area (Å²) in [5, 5.41) is -2.26. The first-order chi connectivity index (χ1) is 17.8. The number of hydrogen-bond donors (Lipinski definition) is 2. The Morgan fingerprint density at radius 1 is 0.784 bits per heavy atom. The first-order valence-corrected chi connectivity index (χ1v) is 13.6. The van der Waals surface area contributed by atoms with Crippen LogP contribution in [0.25, 0.3) is 0 Å². The molecule has 3 aromatic rings. The average Bonchev–Trinajstić information content (AvgIpc) is 2.90. The van der Waals surface area contributed by atoms with E-state index in [9.17, 15) is 19.1 Å².